The van der Waals surface area contributed by atoms with E-state index in [1.807, 2.05) is 0 Å². The van der Waals surface area contributed by atoms with Crippen LogP contribution in [0.2, 0.25) is 0 Å². The average Bonchev–Trinajstić information content (AvgIpc) is 2.40. The molecule has 0 bridgehead atoms. The number of benzene rings is 1. The predicted molar refractivity (Wildman–Crippen MR) is 73.7 cm³/mol. The first kappa shape index (κ1) is 15.4. The molecule has 0 saturated carbocycles. The van der Waals surface area contributed by atoms with Gasteiger partial charge in [0, 0.05) is 4.47 Å². The van der Waals surface area contributed by atoms with Crippen molar-refractivity contribution >= 4 is 27.7 Å². The SMILES string of the molecule is CCC(C)(NC(=O)c1cc(F)ccc1Br)/C(N)=N/O. The maximum Gasteiger partial charge on any atom is 0.253 e. The monoisotopic (exact) mass is 331 g/mol. The Labute approximate surface area is 118 Å². The first-order chi connectivity index (χ1) is 8.84. The second-order valence-electron chi connectivity index (χ2n) is 4.25. The van der Waals surface area contributed by atoms with Crippen molar-refractivity contribution in [3.05, 3.63) is 34.1 Å². The van der Waals surface area contributed by atoms with Gasteiger partial charge in [0.15, 0.2) is 5.84 Å². The second kappa shape index (κ2) is 6.01. The number of nitrogens with two attached hydrogens (primary N) is 1. The summed E-state index contributed by atoms with van der Waals surface area (Å²) in [6, 6.07) is 3.79. The van der Waals surface area contributed by atoms with Crippen molar-refractivity contribution in [3.63, 3.8) is 0 Å². The molecule has 1 amide bonds. The van der Waals surface area contributed by atoms with Gasteiger partial charge >= 0.3 is 0 Å². The van der Waals surface area contributed by atoms with Gasteiger partial charge in [0.1, 0.15) is 5.82 Å². The van der Waals surface area contributed by atoms with Crippen LogP contribution in [-0.4, -0.2) is 22.5 Å². The van der Waals surface area contributed by atoms with E-state index in [4.69, 9.17) is 10.9 Å². The Morgan fingerprint density at radius 1 is 1.63 bits per heavy atom. The van der Waals surface area contributed by atoms with Crippen molar-refractivity contribution in [2.24, 2.45) is 10.9 Å². The van der Waals surface area contributed by atoms with Crippen molar-refractivity contribution in [1.82, 2.24) is 5.32 Å². The minimum atomic E-state index is -1.00. The van der Waals surface area contributed by atoms with E-state index in [0.717, 1.165) is 6.07 Å². The van der Waals surface area contributed by atoms with E-state index < -0.39 is 17.3 Å². The summed E-state index contributed by atoms with van der Waals surface area (Å²) in [5, 5.41) is 14.3. The first-order valence-electron chi connectivity index (χ1n) is 5.59. The van der Waals surface area contributed by atoms with Crippen LogP contribution in [0.1, 0.15) is 30.6 Å². The minimum absolute atomic E-state index is 0.115. The fourth-order valence-electron chi connectivity index (χ4n) is 1.43. The van der Waals surface area contributed by atoms with Crippen molar-refractivity contribution in [1.29, 1.82) is 0 Å². The van der Waals surface area contributed by atoms with Crippen molar-refractivity contribution in [3.8, 4) is 0 Å². The number of amidine groups is 1. The number of rotatable bonds is 4. The molecular formula is C12H15BrFN3O2. The van der Waals surface area contributed by atoms with Crippen LogP contribution in [0, 0.1) is 5.82 Å². The summed E-state index contributed by atoms with van der Waals surface area (Å²) in [5.74, 6) is -1.14. The molecule has 0 heterocycles. The van der Waals surface area contributed by atoms with Crippen LogP contribution in [0.4, 0.5) is 4.39 Å². The molecule has 4 N–H and O–H groups in total. The van der Waals surface area contributed by atoms with Crippen LogP contribution < -0.4 is 11.1 Å². The van der Waals surface area contributed by atoms with Gasteiger partial charge in [-0.2, -0.15) is 0 Å². The molecule has 0 aliphatic carbocycles. The molecule has 7 heteroatoms. The average molecular weight is 332 g/mol. The van der Waals surface area contributed by atoms with E-state index in [-0.39, 0.29) is 11.4 Å². The summed E-state index contributed by atoms with van der Waals surface area (Å²) < 4.78 is 13.6. The number of carbonyl (C=O) groups excluding carboxylic acids is 1. The fraction of sp³-hybridized carbons (Fsp3) is 0.333. The van der Waals surface area contributed by atoms with Gasteiger partial charge < -0.3 is 16.3 Å². The van der Waals surface area contributed by atoms with E-state index in [1.165, 1.54) is 12.1 Å². The minimum Gasteiger partial charge on any atom is -0.409 e. The maximum atomic E-state index is 13.2. The largest absolute Gasteiger partial charge is 0.409 e. The standard InChI is InChI=1S/C12H15BrFN3O2/c1-3-12(2,11(15)17-19)16-10(18)8-6-7(14)4-5-9(8)13/h4-6,19H,3H2,1-2H3,(H2,15,17)(H,16,18). The number of hydrogen-bond acceptors (Lipinski definition) is 3. The van der Waals surface area contributed by atoms with E-state index in [2.05, 4.69) is 26.4 Å². The number of amides is 1. The molecule has 0 saturated heterocycles. The summed E-state index contributed by atoms with van der Waals surface area (Å²) in [6.45, 7) is 3.39. The van der Waals surface area contributed by atoms with Gasteiger partial charge in [-0.3, -0.25) is 4.79 Å². The number of nitrogens with one attached hydrogen (secondary N) is 1. The summed E-state index contributed by atoms with van der Waals surface area (Å²) in [5.41, 5.74) is 4.70. The molecule has 1 rings (SSSR count). The van der Waals surface area contributed by atoms with E-state index in [0.29, 0.717) is 10.9 Å². The second-order valence-corrected chi connectivity index (χ2v) is 5.10. The van der Waals surface area contributed by atoms with Crippen LogP contribution in [0.5, 0.6) is 0 Å². The summed E-state index contributed by atoms with van der Waals surface area (Å²) in [6.07, 6.45) is 0.418. The smallest absolute Gasteiger partial charge is 0.253 e. The van der Waals surface area contributed by atoms with Crippen molar-refractivity contribution in [2.75, 3.05) is 0 Å². The Bertz CT molecular complexity index is 522. The summed E-state index contributed by atoms with van der Waals surface area (Å²) >= 11 is 3.18. The van der Waals surface area contributed by atoms with Crippen LogP contribution in [0.3, 0.4) is 0 Å². The molecule has 0 fully saturated rings. The highest BCUT2D eigenvalue weighted by atomic mass is 79.9. The van der Waals surface area contributed by atoms with Gasteiger partial charge in [-0.25, -0.2) is 4.39 Å². The van der Waals surface area contributed by atoms with E-state index >= 15 is 0 Å². The molecule has 0 aromatic heterocycles. The van der Waals surface area contributed by atoms with Gasteiger partial charge in [0.2, 0.25) is 0 Å². The maximum absolute atomic E-state index is 13.2. The molecule has 1 atom stereocenters. The highest BCUT2D eigenvalue weighted by Gasteiger charge is 2.30. The van der Waals surface area contributed by atoms with Gasteiger partial charge in [0.25, 0.3) is 5.91 Å². The Kier molecular flexibility index (Phi) is 4.88. The lowest BCUT2D eigenvalue weighted by Gasteiger charge is -2.28. The molecule has 0 spiro atoms. The van der Waals surface area contributed by atoms with Gasteiger partial charge in [-0.15, -0.1) is 0 Å². The van der Waals surface area contributed by atoms with E-state index in [9.17, 15) is 9.18 Å². The van der Waals surface area contributed by atoms with Crippen molar-refractivity contribution in [2.45, 2.75) is 25.8 Å². The first-order valence-corrected chi connectivity index (χ1v) is 6.39. The number of nitrogens with zero attached hydrogens (tertiary/aromatic N) is 1. The van der Waals surface area contributed by atoms with E-state index in [1.54, 1.807) is 13.8 Å². The van der Waals surface area contributed by atoms with Crippen LogP contribution >= 0.6 is 15.9 Å². The molecule has 1 aromatic rings. The fourth-order valence-corrected chi connectivity index (χ4v) is 1.86. The molecule has 5 nitrogen and oxygen atoms in total. The topological polar surface area (TPSA) is 87.7 Å². The Morgan fingerprint density at radius 2 is 2.26 bits per heavy atom. The number of carbonyl (C=O) groups is 1. The Balaban J connectivity index is 3.05. The van der Waals surface area contributed by atoms with Gasteiger partial charge in [0.05, 0.1) is 11.1 Å². The summed E-state index contributed by atoms with van der Waals surface area (Å²) in [7, 11) is 0. The molecule has 19 heavy (non-hydrogen) atoms. The lowest BCUT2D eigenvalue weighted by atomic mass is 9.97. The lowest BCUT2D eigenvalue weighted by molar-refractivity contribution is 0.0923. The lowest BCUT2D eigenvalue weighted by Crippen LogP contribution is -2.55. The highest BCUT2D eigenvalue weighted by Crippen LogP contribution is 2.19. The number of hydrogen-bond donors (Lipinski definition) is 3. The van der Waals surface area contributed by atoms with Gasteiger partial charge in [-0.1, -0.05) is 12.1 Å². The molecular weight excluding hydrogens is 317 g/mol. The molecule has 0 aliphatic heterocycles. The number of oxime groups is 1. The molecule has 0 radical (unpaired) electrons. The third-order valence-electron chi connectivity index (χ3n) is 2.94. The zero-order valence-electron chi connectivity index (χ0n) is 10.6. The molecule has 104 valence electrons. The third-order valence-corrected chi connectivity index (χ3v) is 3.63. The molecule has 1 unspecified atom stereocenters. The Morgan fingerprint density at radius 3 is 2.79 bits per heavy atom. The molecule has 1 aromatic carbocycles. The third kappa shape index (κ3) is 3.44. The summed E-state index contributed by atoms with van der Waals surface area (Å²) in [4.78, 5) is 12.1. The number of halogens is 2. The Hall–Kier alpha value is -1.63. The van der Waals surface area contributed by atoms with Gasteiger partial charge in [-0.05, 0) is 47.5 Å². The van der Waals surface area contributed by atoms with Crippen LogP contribution in [0.15, 0.2) is 27.8 Å². The predicted octanol–water partition coefficient (Wildman–Crippen LogP) is 2.23. The normalized spacial score (nSPS) is 14.8. The zero-order chi connectivity index (χ0) is 14.6. The quantitative estimate of drug-likeness (QED) is 0.342. The van der Waals surface area contributed by atoms with Crippen molar-refractivity contribution < 1.29 is 14.4 Å². The highest BCUT2D eigenvalue weighted by molar-refractivity contribution is 9.10. The van der Waals surface area contributed by atoms with Crippen LogP contribution in [-0.2, 0) is 0 Å². The van der Waals surface area contributed by atoms with Crippen LogP contribution in [0.25, 0.3) is 0 Å². The molecule has 0 aliphatic rings. The zero-order valence-corrected chi connectivity index (χ0v) is 12.2.